The minimum atomic E-state index is -0.847. The van der Waals surface area contributed by atoms with Crippen molar-refractivity contribution >= 4 is 34.2 Å². The molecule has 0 amide bonds. The summed E-state index contributed by atoms with van der Waals surface area (Å²) in [6, 6.07) is 0. The second-order valence-corrected chi connectivity index (χ2v) is 6.13. The molecule has 1 aromatic rings. The number of anilines is 1. The summed E-state index contributed by atoms with van der Waals surface area (Å²) in [6.45, 7) is 6.08. The second-order valence-electron chi connectivity index (χ2n) is 3.93. The van der Waals surface area contributed by atoms with Gasteiger partial charge in [0.05, 0.1) is 5.75 Å². The Labute approximate surface area is 96.3 Å². The lowest BCUT2D eigenvalue weighted by Crippen LogP contribution is -2.25. The summed E-state index contributed by atoms with van der Waals surface area (Å²) in [4.78, 5) is 10.3. The Balaban J connectivity index is 2.53. The van der Waals surface area contributed by atoms with Crippen molar-refractivity contribution in [2.24, 2.45) is 0 Å². The molecule has 0 aliphatic heterocycles. The summed E-state index contributed by atoms with van der Waals surface area (Å²) in [6.07, 6.45) is 0. The van der Waals surface area contributed by atoms with Crippen LogP contribution in [0.1, 0.15) is 20.8 Å². The SMILES string of the molecule is CC(C)(C)Nc1nnc(SCC(=O)O)s1. The van der Waals surface area contributed by atoms with Gasteiger partial charge < -0.3 is 10.4 Å². The lowest BCUT2D eigenvalue weighted by atomic mass is 10.1. The molecule has 7 heteroatoms. The quantitative estimate of drug-likeness (QED) is 0.792. The number of carboxylic acids is 1. The molecule has 0 aliphatic carbocycles. The van der Waals surface area contributed by atoms with Crippen molar-refractivity contribution in [2.45, 2.75) is 30.6 Å². The van der Waals surface area contributed by atoms with E-state index in [0.29, 0.717) is 4.34 Å². The number of aromatic nitrogens is 2. The third-order valence-electron chi connectivity index (χ3n) is 1.21. The number of aliphatic carboxylic acids is 1. The van der Waals surface area contributed by atoms with Crippen LogP contribution in [0.5, 0.6) is 0 Å². The van der Waals surface area contributed by atoms with Crippen LogP contribution in [0.2, 0.25) is 0 Å². The van der Waals surface area contributed by atoms with Crippen LogP contribution in [0, 0.1) is 0 Å². The predicted molar refractivity (Wildman–Crippen MR) is 61.6 cm³/mol. The fourth-order valence-corrected chi connectivity index (χ4v) is 2.44. The van der Waals surface area contributed by atoms with Crippen molar-refractivity contribution in [3.8, 4) is 0 Å². The molecule has 5 nitrogen and oxygen atoms in total. The number of rotatable bonds is 4. The fourth-order valence-electron chi connectivity index (χ4n) is 0.763. The normalized spacial score (nSPS) is 11.4. The van der Waals surface area contributed by atoms with Crippen molar-refractivity contribution in [3.05, 3.63) is 0 Å². The van der Waals surface area contributed by atoms with Crippen LogP contribution >= 0.6 is 23.1 Å². The molecule has 0 fully saturated rings. The minimum absolute atomic E-state index is 0.0180. The molecular weight excluding hydrogens is 234 g/mol. The van der Waals surface area contributed by atoms with E-state index in [-0.39, 0.29) is 11.3 Å². The van der Waals surface area contributed by atoms with E-state index in [9.17, 15) is 4.79 Å². The van der Waals surface area contributed by atoms with Gasteiger partial charge in [-0.25, -0.2) is 0 Å². The smallest absolute Gasteiger partial charge is 0.313 e. The van der Waals surface area contributed by atoms with E-state index in [2.05, 4.69) is 15.5 Å². The largest absolute Gasteiger partial charge is 0.481 e. The van der Waals surface area contributed by atoms with Gasteiger partial charge in [-0.05, 0) is 20.8 Å². The van der Waals surface area contributed by atoms with E-state index in [1.807, 2.05) is 20.8 Å². The van der Waals surface area contributed by atoms with Gasteiger partial charge in [0.15, 0.2) is 4.34 Å². The summed E-state index contributed by atoms with van der Waals surface area (Å²) in [5.74, 6) is -0.829. The number of hydrogen-bond acceptors (Lipinski definition) is 6. The number of nitrogens with one attached hydrogen (secondary N) is 1. The molecule has 1 heterocycles. The number of hydrogen-bond donors (Lipinski definition) is 2. The van der Waals surface area contributed by atoms with Gasteiger partial charge in [-0.15, -0.1) is 10.2 Å². The lowest BCUT2D eigenvalue weighted by molar-refractivity contribution is -0.133. The Bertz CT molecular complexity index is 346. The minimum Gasteiger partial charge on any atom is -0.481 e. The Kier molecular flexibility index (Phi) is 3.92. The summed E-state index contributed by atoms with van der Waals surface area (Å²) < 4.78 is 0.671. The lowest BCUT2D eigenvalue weighted by Gasteiger charge is -2.18. The topological polar surface area (TPSA) is 75.1 Å². The molecule has 0 unspecified atom stereocenters. The van der Waals surface area contributed by atoms with Crippen molar-refractivity contribution in [2.75, 3.05) is 11.1 Å². The molecular formula is C8H13N3O2S2. The third kappa shape index (κ3) is 4.98. The van der Waals surface area contributed by atoms with E-state index < -0.39 is 5.97 Å². The highest BCUT2D eigenvalue weighted by atomic mass is 32.2. The first-order valence-corrected chi connectivity index (χ1v) is 6.13. The maximum atomic E-state index is 10.3. The van der Waals surface area contributed by atoms with Crippen LogP contribution in [-0.4, -0.2) is 32.6 Å². The molecule has 1 aromatic heterocycles. The van der Waals surface area contributed by atoms with E-state index in [1.54, 1.807) is 0 Å². The van der Waals surface area contributed by atoms with Gasteiger partial charge >= 0.3 is 5.97 Å². The van der Waals surface area contributed by atoms with Gasteiger partial charge in [0, 0.05) is 5.54 Å². The van der Waals surface area contributed by atoms with Crippen molar-refractivity contribution in [3.63, 3.8) is 0 Å². The summed E-state index contributed by atoms with van der Waals surface area (Å²) in [5.41, 5.74) is -0.0612. The highest BCUT2D eigenvalue weighted by molar-refractivity contribution is 8.01. The van der Waals surface area contributed by atoms with Crippen LogP contribution < -0.4 is 5.32 Å². The standard InChI is InChI=1S/C8H13N3O2S2/c1-8(2,3)9-6-10-11-7(15-6)14-4-5(12)13/h4H2,1-3H3,(H,9,10)(H,12,13). The molecule has 1 rings (SSSR count). The first-order valence-electron chi connectivity index (χ1n) is 4.33. The molecule has 0 saturated carbocycles. The van der Waals surface area contributed by atoms with Gasteiger partial charge in [0.2, 0.25) is 5.13 Å². The Hall–Kier alpha value is -0.820. The van der Waals surface area contributed by atoms with Gasteiger partial charge in [-0.3, -0.25) is 4.79 Å². The molecule has 0 atom stereocenters. The van der Waals surface area contributed by atoms with Crippen LogP contribution in [0.15, 0.2) is 4.34 Å². The van der Waals surface area contributed by atoms with E-state index in [4.69, 9.17) is 5.11 Å². The molecule has 2 N–H and O–H groups in total. The first-order chi connectivity index (χ1) is 6.87. The van der Waals surface area contributed by atoms with Gasteiger partial charge in [-0.1, -0.05) is 23.1 Å². The third-order valence-corrected chi connectivity index (χ3v) is 3.16. The average Bonchev–Trinajstić information content (AvgIpc) is 2.45. The Morgan fingerprint density at radius 3 is 2.73 bits per heavy atom. The molecule has 0 aliphatic rings. The van der Waals surface area contributed by atoms with Crippen LogP contribution in [-0.2, 0) is 4.79 Å². The Morgan fingerprint density at radius 1 is 1.53 bits per heavy atom. The summed E-state index contributed by atoms with van der Waals surface area (Å²) >= 11 is 2.55. The zero-order valence-corrected chi connectivity index (χ0v) is 10.4. The summed E-state index contributed by atoms with van der Waals surface area (Å²) in [5, 5.41) is 20.2. The van der Waals surface area contributed by atoms with Crippen molar-refractivity contribution < 1.29 is 9.90 Å². The molecule has 0 radical (unpaired) electrons. The monoisotopic (exact) mass is 247 g/mol. The molecule has 15 heavy (non-hydrogen) atoms. The summed E-state index contributed by atoms with van der Waals surface area (Å²) in [7, 11) is 0. The second kappa shape index (κ2) is 4.80. The maximum Gasteiger partial charge on any atom is 0.313 e. The van der Waals surface area contributed by atoms with Gasteiger partial charge in [0.1, 0.15) is 0 Å². The molecule has 0 bridgehead atoms. The van der Waals surface area contributed by atoms with E-state index in [1.165, 1.54) is 23.1 Å². The molecule has 0 spiro atoms. The van der Waals surface area contributed by atoms with E-state index in [0.717, 1.165) is 5.13 Å². The number of nitrogens with zero attached hydrogens (tertiary/aromatic N) is 2. The zero-order chi connectivity index (χ0) is 11.5. The zero-order valence-electron chi connectivity index (χ0n) is 8.77. The molecule has 0 saturated heterocycles. The number of carboxylic acid groups (broad SMARTS) is 1. The first kappa shape index (κ1) is 12.3. The number of carbonyl (C=O) groups is 1. The maximum absolute atomic E-state index is 10.3. The highest BCUT2D eigenvalue weighted by Gasteiger charge is 2.13. The van der Waals surface area contributed by atoms with Gasteiger partial charge in [0.25, 0.3) is 0 Å². The molecule has 0 aromatic carbocycles. The van der Waals surface area contributed by atoms with Crippen molar-refractivity contribution in [1.29, 1.82) is 0 Å². The Morgan fingerprint density at radius 2 is 2.20 bits per heavy atom. The molecule has 84 valence electrons. The van der Waals surface area contributed by atoms with Crippen LogP contribution in [0.3, 0.4) is 0 Å². The van der Waals surface area contributed by atoms with Gasteiger partial charge in [-0.2, -0.15) is 0 Å². The van der Waals surface area contributed by atoms with Crippen molar-refractivity contribution in [1.82, 2.24) is 10.2 Å². The fraction of sp³-hybridized carbons (Fsp3) is 0.625. The number of thioether (sulfide) groups is 1. The highest BCUT2D eigenvalue weighted by Crippen LogP contribution is 2.26. The van der Waals surface area contributed by atoms with Crippen LogP contribution in [0.4, 0.5) is 5.13 Å². The average molecular weight is 247 g/mol. The predicted octanol–water partition coefficient (Wildman–Crippen LogP) is 1.93. The van der Waals surface area contributed by atoms with E-state index >= 15 is 0 Å². The van der Waals surface area contributed by atoms with Crippen LogP contribution in [0.25, 0.3) is 0 Å².